The Kier molecular flexibility index (Phi) is 5.70. The monoisotopic (exact) mass is 353 g/mol. The third kappa shape index (κ3) is 5.63. The van der Waals surface area contributed by atoms with Crippen LogP contribution in [0, 0.1) is 6.92 Å². The van der Waals surface area contributed by atoms with E-state index in [1.165, 1.54) is 6.20 Å². The van der Waals surface area contributed by atoms with Gasteiger partial charge in [0.05, 0.1) is 24.2 Å². The molecule has 0 radical (unpaired) electrons. The maximum Gasteiger partial charge on any atom is 0.239 e. The summed E-state index contributed by atoms with van der Waals surface area (Å²) < 4.78 is 26.3. The molecule has 1 aromatic heterocycles. The molecule has 2 N–H and O–H groups in total. The van der Waals surface area contributed by atoms with Gasteiger partial charge in [0.1, 0.15) is 0 Å². The van der Waals surface area contributed by atoms with Crippen LogP contribution in [0.25, 0.3) is 0 Å². The van der Waals surface area contributed by atoms with Crippen LogP contribution >= 0.6 is 11.6 Å². The molecule has 23 heavy (non-hydrogen) atoms. The highest BCUT2D eigenvalue weighted by Crippen LogP contribution is 2.18. The number of hydrogen-bond donors (Lipinski definition) is 2. The van der Waals surface area contributed by atoms with E-state index in [2.05, 4.69) is 15.0 Å². The Morgan fingerprint density at radius 3 is 2.74 bits per heavy atom. The zero-order valence-corrected chi connectivity index (χ0v) is 14.0. The first-order valence-corrected chi connectivity index (χ1v) is 8.81. The lowest BCUT2D eigenvalue weighted by Crippen LogP contribution is -2.33. The fraction of sp³-hybridized carbons (Fsp3) is 0.200. The zero-order valence-electron chi connectivity index (χ0n) is 12.4. The number of aromatic nitrogens is 1. The lowest BCUT2D eigenvalue weighted by Gasteiger charge is -2.08. The molecular weight excluding hydrogens is 338 g/mol. The quantitative estimate of drug-likeness (QED) is 0.832. The molecule has 0 aliphatic carbocycles. The van der Waals surface area contributed by atoms with Gasteiger partial charge < -0.3 is 5.32 Å². The smallest absolute Gasteiger partial charge is 0.239 e. The molecule has 2 aromatic rings. The molecular formula is C15H16ClN3O3S. The standard InChI is InChI=1S/C15H16ClN3O3S/c1-11-4-5-12(7-14(11)16)10-23(21,22)18-9-15(20)19-13-3-2-6-17-8-13/h2-8,18H,9-10H2,1H3,(H,19,20). The fourth-order valence-corrected chi connectivity index (χ4v) is 3.09. The molecule has 122 valence electrons. The van der Waals surface area contributed by atoms with Crippen molar-refractivity contribution in [3.63, 3.8) is 0 Å². The van der Waals surface area contributed by atoms with Gasteiger partial charge in [-0.1, -0.05) is 23.7 Å². The second kappa shape index (κ2) is 7.54. The van der Waals surface area contributed by atoms with E-state index in [1.54, 1.807) is 36.5 Å². The number of pyridine rings is 1. The second-order valence-electron chi connectivity index (χ2n) is 4.95. The van der Waals surface area contributed by atoms with Crippen molar-refractivity contribution in [2.75, 3.05) is 11.9 Å². The number of amides is 1. The van der Waals surface area contributed by atoms with E-state index in [4.69, 9.17) is 11.6 Å². The first kappa shape index (κ1) is 17.4. The minimum Gasteiger partial charge on any atom is -0.324 e. The van der Waals surface area contributed by atoms with E-state index in [0.717, 1.165) is 5.56 Å². The molecule has 0 aliphatic heterocycles. The number of rotatable bonds is 6. The molecule has 0 saturated heterocycles. The first-order valence-electron chi connectivity index (χ1n) is 6.78. The molecule has 6 nitrogen and oxygen atoms in total. The van der Waals surface area contributed by atoms with Crippen molar-refractivity contribution in [3.8, 4) is 0 Å². The minimum atomic E-state index is -3.64. The van der Waals surface area contributed by atoms with Crippen LogP contribution < -0.4 is 10.0 Å². The van der Waals surface area contributed by atoms with Crippen LogP contribution in [0.5, 0.6) is 0 Å². The van der Waals surface area contributed by atoms with E-state index in [1.807, 2.05) is 6.92 Å². The Morgan fingerprint density at radius 1 is 1.30 bits per heavy atom. The van der Waals surface area contributed by atoms with Crippen molar-refractivity contribution in [2.45, 2.75) is 12.7 Å². The van der Waals surface area contributed by atoms with Gasteiger partial charge in [0.25, 0.3) is 0 Å². The number of nitrogens with zero attached hydrogens (tertiary/aromatic N) is 1. The van der Waals surface area contributed by atoms with Gasteiger partial charge in [-0.3, -0.25) is 9.78 Å². The number of anilines is 1. The summed E-state index contributed by atoms with van der Waals surface area (Å²) in [5.41, 5.74) is 1.93. The normalized spacial score (nSPS) is 11.2. The number of aryl methyl sites for hydroxylation is 1. The molecule has 0 bridgehead atoms. The highest BCUT2D eigenvalue weighted by atomic mass is 35.5. The van der Waals surface area contributed by atoms with Gasteiger partial charge in [0.15, 0.2) is 0 Å². The molecule has 0 atom stereocenters. The van der Waals surface area contributed by atoms with Crippen molar-refractivity contribution in [1.29, 1.82) is 0 Å². The lowest BCUT2D eigenvalue weighted by atomic mass is 10.2. The maximum absolute atomic E-state index is 12.0. The molecule has 1 aromatic carbocycles. The van der Waals surface area contributed by atoms with Gasteiger partial charge in [-0.15, -0.1) is 0 Å². The van der Waals surface area contributed by atoms with Crippen molar-refractivity contribution in [1.82, 2.24) is 9.71 Å². The van der Waals surface area contributed by atoms with Crippen LogP contribution in [0.2, 0.25) is 5.02 Å². The summed E-state index contributed by atoms with van der Waals surface area (Å²) >= 11 is 5.98. The van der Waals surface area contributed by atoms with Gasteiger partial charge in [0.2, 0.25) is 15.9 Å². The summed E-state index contributed by atoms with van der Waals surface area (Å²) in [7, 11) is -3.64. The van der Waals surface area contributed by atoms with E-state index < -0.39 is 15.9 Å². The molecule has 8 heteroatoms. The molecule has 0 fully saturated rings. The third-order valence-corrected chi connectivity index (χ3v) is 4.70. The van der Waals surface area contributed by atoms with Gasteiger partial charge in [-0.25, -0.2) is 13.1 Å². The molecule has 1 heterocycles. The van der Waals surface area contributed by atoms with Crippen LogP contribution in [0.1, 0.15) is 11.1 Å². The summed E-state index contributed by atoms with van der Waals surface area (Å²) in [4.78, 5) is 15.6. The maximum atomic E-state index is 12.0. The highest BCUT2D eigenvalue weighted by molar-refractivity contribution is 7.88. The SMILES string of the molecule is Cc1ccc(CS(=O)(=O)NCC(=O)Nc2cccnc2)cc1Cl. The van der Waals surface area contributed by atoms with Gasteiger partial charge in [-0.2, -0.15) is 0 Å². The molecule has 0 unspecified atom stereocenters. The van der Waals surface area contributed by atoms with Crippen molar-refractivity contribution in [3.05, 3.63) is 58.9 Å². The Balaban J connectivity index is 1.90. The Hall–Kier alpha value is -1.96. The zero-order chi connectivity index (χ0) is 16.9. The number of hydrogen-bond acceptors (Lipinski definition) is 4. The molecule has 2 rings (SSSR count). The Bertz CT molecular complexity index is 795. The average Bonchev–Trinajstić information content (AvgIpc) is 2.50. The van der Waals surface area contributed by atoms with E-state index in [9.17, 15) is 13.2 Å². The van der Waals surface area contributed by atoms with Crippen LogP contribution in [0.3, 0.4) is 0 Å². The van der Waals surface area contributed by atoms with Crippen molar-refractivity contribution in [2.24, 2.45) is 0 Å². The molecule has 0 saturated carbocycles. The number of carbonyl (C=O) groups is 1. The largest absolute Gasteiger partial charge is 0.324 e. The van der Waals surface area contributed by atoms with E-state index >= 15 is 0 Å². The Morgan fingerprint density at radius 2 is 2.09 bits per heavy atom. The third-order valence-electron chi connectivity index (χ3n) is 2.99. The molecule has 0 spiro atoms. The number of nitrogens with one attached hydrogen (secondary N) is 2. The van der Waals surface area contributed by atoms with Crippen LogP contribution in [0.4, 0.5) is 5.69 Å². The summed E-state index contributed by atoms with van der Waals surface area (Å²) in [5.74, 6) is -0.712. The summed E-state index contributed by atoms with van der Waals surface area (Å²) in [6, 6.07) is 8.37. The van der Waals surface area contributed by atoms with E-state index in [-0.39, 0.29) is 12.3 Å². The lowest BCUT2D eigenvalue weighted by molar-refractivity contribution is -0.115. The molecule has 0 aliphatic rings. The average molecular weight is 354 g/mol. The van der Waals surface area contributed by atoms with Crippen molar-refractivity contribution >= 4 is 33.2 Å². The van der Waals surface area contributed by atoms with Crippen LogP contribution in [-0.4, -0.2) is 25.9 Å². The predicted octanol–water partition coefficient (Wildman–Crippen LogP) is 2.10. The van der Waals surface area contributed by atoms with Gasteiger partial charge in [0, 0.05) is 11.2 Å². The summed E-state index contributed by atoms with van der Waals surface area (Å²) in [5, 5.41) is 3.05. The number of sulfonamides is 1. The van der Waals surface area contributed by atoms with Gasteiger partial charge in [-0.05, 0) is 36.2 Å². The van der Waals surface area contributed by atoms with Crippen LogP contribution in [0.15, 0.2) is 42.7 Å². The first-order chi connectivity index (χ1) is 10.9. The summed E-state index contributed by atoms with van der Waals surface area (Å²) in [6.45, 7) is 1.48. The fourth-order valence-electron chi connectivity index (χ4n) is 1.81. The summed E-state index contributed by atoms with van der Waals surface area (Å²) in [6.07, 6.45) is 3.05. The topological polar surface area (TPSA) is 88.2 Å². The number of benzene rings is 1. The predicted molar refractivity (Wildman–Crippen MR) is 89.7 cm³/mol. The minimum absolute atomic E-state index is 0.243. The number of carbonyl (C=O) groups excluding carboxylic acids is 1. The molecule has 1 amide bonds. The van der Waals surface area contributed by atoms with E-state index in [0.29, 0.717) is 16.3 Å². The van der Waals surface area contributed by atoms with Gasteiger partial charge >= 0.3 is 0 Å². The van der Waals surface area contributed by atoms with Crippen LogP contribution in [-0.2, 0) is 20.6 Å². The highest BCUT2D eigenvalue weighted by Gasteiger charge is 2.14. The van der Waals surface area contributed by atoms with Crippen molar-refractivity contribution < 1.29 is 13.2 Å². The second-order valence-corrected chi connectivity index (χ2v) is 7.17. The Labute approximate surface area is 139 Å². The number of halogens is 1.